The summed E-state index contributed by atoms with van der Waals surface area (Å²) in [5, 5.41) is 10.9. The van der Waals surface area contributed by atoms with Crippen LogP contribution in [0.2, 0.25) is 5.02 Å². The molecule has 0 saturated heterocycles. The summed E-state index contributed by atoms with van der Waals surface area (Å²) in [7, 11) is 0. The summed E-state index contributed by atoms with van der Waals surface area (Å²) in [5.74, 6) is -1.72. The van der Waals surface area contributed by atoms with E-state index in [4.69, 9.17) is 16.8 Å². The first-order valence-electron chi connectivity index (χ1n) is 4.44. The summed E-state index contributed by atoms with van der Waals surface area (Å²) in [4.78, 5) is 11.4. The minimum absolute atomic E-state index is 0.0463. The molecule has 0 unspecified atom stereocenters. The number of carbonyl (C=O) groups excluding carboxylic acids is 1. The van der Waals surface area contributed by atoms with E-state index >= 15 is 0 Å². The average molecular weight is 246 g/mol. The predicted molar refractivity (Wildman–Crippen MR) is 56.7 cm³/mol. The number of nitrogens with zero attached hydrogens (tertiary/aromatic N) is 1. The smallest absolute Gasteiger partial charge is 0.342 e. The zero-order valence-electron chi connectivity index (χ0n) is 8.41. The number of oxime groups is 1. The Bertz CT molecular complexity index is 434. The van der Waals surface area contributed by atoms with Crippen molar-refractivity contribution in [3.05, 3.63) is 34.1 Å². The molecule has 1 N–H and O–H groups in total. The minimum Gasteiger partial charge on any atom is -0.462 e. The van der Waals surface area contributed by atoms with Gasteiger partial charge in [0.1, 0.15) is 11.4 Å². The Morgan fingerprint density at radius 1 is 1.69 bits per heavy atom. The average Bonchev–Trinajstić information content (AvgIpc) is 2.23. The predicted octanol–water partition coefficient (Wildman–Crippen LogP) is 2.46. The molecule has 1 rings (SSSR count). The Morgan fingerprint density at radius 3 is 2.94 bits per heavy atom. The number of benzene rings is 1. The molecule has 0 atom stereocenters. The molecule has 0 spiro atoms. The van der Waals surface area contributed by atoms with E-state index in [1.807, 2.05) is 0 Å². The lowest BCUT2D eigenvalue weighted by molar-refractivity contribution is 0.0521. The van der Waals surface area contributed by atoms with Crippen LogP contribution < -0.4 is 0 Å². The van der Waals surface area contributed by atoms with Gasteiger partial charge >= 0.3 is 5.97 Å². The van der Waals surface area contributed by atoms with Crippen molar-refractivity contribution >= 4 is 23.8 Å². The second-order valence-electron chi connectivity index (χ2n) is 2.79. The first-order chi connectivity index (χ1) is 7.61. The maximum atomic E-state index is 13.7. The summed E-state index contributed by atoms with van der Waals surface area (Å²) in [5.41, 5.74) is -0.407. The molecule has 0 amide bonds. The van der Waals surface area contributed by atoms with Crippen LogP contribution in [-0.2, 0) is 4.74 Å². The molecule has 6 heteroatoms. The third kappa shape index (κ3) is 2.49. The van der Waals surface area contributed by atoms with E-state index in [-0.39, 0.29) is 22.8 Å². The lowest BCUT2D eigenvalue weighted by Crippen LogP contribution is -2.09. The quantitative estimate of drug-likeness (QED) is 0.385. The molecule has 0 aliphatic heterocycles. The third-order valence-corrected chi connectivity index (χ3v) is 2.11. The molecule has 1 aromatic rings. The van der Waals surface area contributed by atoms with Crippen LogP contribution >= 0.6 is 11.6 Å². The van der Waals surface area contributed by atoms with Gasteiger partial charge in [0, 0.05) is 5.56 Å². The molecule has 0 radical (unpaired) electrons. The van der Waals surface area contributed by atoms with E-state index in [0.717, 1.165) is 6.21 Å². The number of hydrogen-bond donors (Lipinski definition) is 1. The summed E-state index contributed by atoms with van der Waals surface area (Å²) in [6.07, 6.45) is 0.869. The number of hydrogen-bond acceptors (Lipinski definition) is 4. The van der Waals surface area contributed by atoms with Crippen LogP contribution in [0.25, 0.3) is 0 Å². The summed E-state index contributed by atoms with van der Waals surface area (Å²) < 4.78 is 18.4. The fraction of sp³-hybridized carbons (Fsp3) is 0.200. The molecule has 0 aliphatic carbocycles. The Hall–Kier alpha value is -1.62. The standard InChI is InChI=1S/C10H9ClFNO3/c1-2-16-10(14)8-7(11)4-3-6(5-13-15)9(8)12/h3-5,15H,2H2,1H3/b13-5+. The van der Waals surface area contributed by atoms with Crippen molar-refractivity contribution in [1.82, 2.24) is 0 Å². The first kappa shape index (κ1) is 12.4. The maximum Gasteiger partial charge on any atom is 0.342 e. The lowest BCUT2D eigenvalue weighted by atomic mass is 10.1. The number of rotatable bonds is 3. The molecular formula is C10H9ClFNO3. The van der Waals surface area contributed by atoms with Crippen LogP contribution in [0.4, 0.5) is 4.39 Å². The molecule has 0 aliphatic rings. The molecule has 0 aromatic heterocycles. The first-order valence-corrected chi connectivity index (χ1v) is 4.82. The highest BCUT2D eigenvalue weighted by Crippen LogP contribution is 2.22. The van der Waals surface area contributed by atoms with Crippen LogP contribution in [0, 0.1) is 5.82 Å². The van der Waals surface area contributed by atoms with Gasteiger partial charge in [0.15, 0.2) is 0 Å². The highest BCUT2D eigenvalue weighted by atomic mass is 35.5. The van der Waals surface area contributed by atoms with Crippen LogP contribution in [0.1, 0.15) is 22.8 Å². The zero-order chi connectivity index (χ0) is 12.1. The van der Waals surface area contributed by atoms with Gasteiger partial charge in [-0.15, -0.1) is 0 Å². The monoisotopic (exact) mass is 245 g/mol. The van der Waals surface area contributed by atoms with Crippen LogP contribution in [0.5, 0.6) is 0 Å². The zero-order valence-corrected chi connectivity index (χ0v) is 9.16. The summed E-state index contributed by atoms with van der Waals surface area (Å²) in [6.45, 7) is 1.72. The fourth-order valence-electron chi connectivity index (χ4n) is 1.12. The van der Waals surface area contributed by atoms with Gasteiger partial charge in [-0.05, 0) is 19.1 Å². The second-order valence-corrected chi connectivity index (χ2v) is 3.20. The fourth-order valence-corrected chi connectivity index (χ4v) is 1.34. The number of ether oxygens (including phenoxy) is 1. The van der Waals surface area contributed by atoms with Crippen LogP contribution in [0.3, 0.4) is 0 Å². The summed E-state index contributed by atoms with van der Waals surface area (Å²) in [6, 6.07) is 2.62. The molecule has 1 aromatic carbocycles. The van der Waals surface area contributed by atoms with Crippen molar-refractivity contribution < 1.29 is 19.1 Å². The van der Waals surface area contributed by atoms with Crippen molar-refractivity contribution in [2.45, 2.75) is 6.92 Å². The molecule has 0 fully saturated rings. The van der Waals surface area contributed by atoms with E-state index in [1.165, 1.54) is 12.1 Å². The topological polar surface area (TPSA) is 58.9 Å². The van der Waals surface area contributed by atoms with Crippen LogP contribution in [0.15, 0.2) is 17.3 Å². The second kappa shape index (κ2) is 5.46. The van der Waals surface area contributed by atoms with E-state index in [0.29, 0.717) is 0 Å². The Kier molecular flexibility index (Phi) is 4.25. The molecule has 4 nitrogen and oxygen atoms in total. The molecule has 86 valence electrons. The number of carbonyl (C=O) groups is 1. The number of halogens is 2. The molecule has 0 bridgehead atoms. The largest absolute Gasteiger partial charge is 0.462 e. The Balaban J connectivity index is 3.25. The SMILES string of the molecule is CCOC(=O)c1c(Cl)ccc(/C=N/O)c1F. The van der Waals surface area contributed by atoms with Crippen molar-refractivity contribution in [3.8, 4) is 0 Å². The van der Waals surface area contributed by atoms with Gasteiger partial charge in [-0.3, -0.25) is 0 Å². The normalized spacial score (nSPS) is 10.7. The van der Waals surface area contributed by atoms with Gasteiger partial charge in [-0.1, -0.05) is 16.8 Å². The Labute approximate surface area is 96.3 Å². The van der Waals surface area contributed by atoms with Gasteiger partial charge in [-0.25, -0.2) is 9.18 Å². The lowest BCUT2D eigenvalue weighted by Gasteiger charge is -2.06. The van der Waals surface area contributed by atoms with E-state index in [1.54, 1.807) is 6.92 Å². The van der Waals surface area contributed by atoms with Crippen molar-refractivity contribution in [2.75, 3.05) is 6.61 Å². The van der Waals surface area contributed by atoms with Gasteiger partial charge in [-0.2, -0.15) is 0 Å². The molecule has 0 saturated carbocycles. The molecular weight excluding hydrogens is 237 g/mol. The van der Waals surface area contributed by atoms with E-state index in [2.05, 4.69) is 9.89 Å². The van der Waals surface area contributed by atoms with Crippen molar-refractivity contribution in [3.63, 3.8) is 0 Å². The van der Waals surface area contributed by atoms with E-state index < -0.39 is 11.8 Å². The molecule has 16 heavy (non-hydrogen) atoms. The van der Waals surface area contributed by atoms with Gasteiger partial charge in [0.2, 0.25) is 0 Å². The van der Waals surface area contributed by atoms with Gasteiger partial charge in [0.05, 0.1) is 17.8 Å². The van der Waals surface area contributed by atoms with Crippen molar-refractivity contribution in [2.24, 2.45) is 5.16 Å². The number of esters is 1. The minimum atomic E-state index is -0.872. The summed E-state index contributed by atoms with van der Waals surface area (Å²) >= 11 is 5.68. The highest BCUT2D eigenvalue weighted by molar-refractivity contribution is 6.33. The Morgan fingerprint density at radius 2 is 2.38 bits per heavy atom. The molecule has 0 heterocycles. The van der Waals surface area contributed by atoms with Crippen LogP contribution in [-0.4, -0.2) is 24.0 Å². The van der Waals surface area contributed by atoms with Crippen molar-refractivity contribution in [1.29, 1.82) is 0 Å². The van der Waals surface area contributed by atoms with Gasteiger partial charge in [0.25, 0.3) is 0 Å². The van der Waals surface area contributed by atoms with Gasteiger partial charge < -0.3 is 9.94 Å². The third-order valence-electron chi connectivity index (χ3n) is 1.80. The maximum absolute atomic E-state index is 13.7. The highest BCUT2D eigenvalue weighted by Gasteiger charge is 2.19. The van der Waals surface area contributed by atoms with E-state index in [9.17, 15) is 9.18 Å².